The summed E-state index contributed by atoms with van der Waals surface area (Å²) in [5, 5.41) is 0. The molecular weight excluding hydrogens is 216 g/mol. The molecule has 0 fully saturated rings. The van der Waals surface area contributed by atoms with E-state index in [4.69, 9.17) is 0 Å². The highest BCUT2D eigenvalue weighted by Gasteiger charge is 1.90. The topological polar surface area (TPSA) is 44.0 Å². The van der Waals surface area contributed by atoms with Crippen molar-refractivity contribution in [2.24, 2.45) is 0 Å². The maximum Gasteiger partial charge on any atom is 0.254 e. The molecule has 4 nitrogen and oxygen atoms in total. The van der Waals surface area contributed by atoms with Gasteiger partial charge in [-0.15, -0.1) is 0 Å². The van der Waals surface area contributed by atoms with Crippen molar-refractivity contribution in [2.45, 2.75) is 6.54 Å². The molecule has 0 aliphatic rings. The van der Waals surface area contributed by atoms with Crippen LogP contribution in [0.15, 0.2) is 64.5 Å². The maximum atomic E-state index is 11.4. The van der Waals surface area contributed by atoms with E-state index in [2.05, 4.69) is 0 Å². The molecule has 0 atom stereocenters. The number of rotatable bonds is 3. The molecule has 17 heavy (non-hydrogen) atoms. The average Bonchev–Trinajstić information content (AvgIpc) is 2.34. The number of hydrogen-bond acceptors (Lipinski definition) is 2. The third-order valence-corrected chi connectivity index (χ3v) is 2.32. The Labute approximate surface area is 98.1 Å². The lowest BCUT2D eigenvalue weighted by Crippen LogP contribution is -2.17. The zero-order valence-corrected chi connectivity index (χ0v) is 9.19. The van der Waals surface area contributed by atoms with Crippen LogP contribution in [0, 0.1) is 0 Å². The quantitative estimate of drug-likeness (QED) is 0.791. The number of pyridine rings is 2. The molecule has 2 aromatic heterocycles. The Morgan fingerprint density at radius 1 is 0.941 bits per heavy atom. The molecule has 0 bridgehead atoms. The second kappa shape index (κ2) is 5.12. The maximum absolute atomic E-state index is 11.4. The van der Waals surface area contributed by atoms with E-state index in [1.54, 1.807) is 53.5 Å². The van der Waals surface area contributed by atoms with Crippen LogP contribution in [0.2, 0.25) is 0 Å². The van der Waals surface area contributed by atoms with E-state index < -0.39 is 0 Å². The summed E-state index contributed by atoms with van der Waals surface area (Å²) in [5.74, 6) is 0. The molecule has 0 aliphatic heterocycles. The second-order valence-electron chi connectivity index (χ2n) is 3.52. The predicted octanol–water partition coefficient (Wildman–Crippen LogP) is 1.18. The van der Waals surface area contributed by atoms with Crippen molar-refractivity contribution in [3.05, 3.63) is 75.6 Å². The molecule has 0 aromatic carbocycles. The summed E-state index contributed by atoms with van der Waals surface area (Å²) in [6, 6.07) is 9.95. The van der Waals surface area contributed by atoms with Gasteiger partial charge < -0.3 is 4.57 Å². The van der Waals surface area contributed by atoms with Crippen molar-refractivity contribution in [3.63, 3.8) is 0 Å². The van der Waals surface area contributed by atoms with Crippen molar-refractivity contribution in [3.8, 4) is 0 Å². The molecular formula is C13H12N2O2. The van der Waals surface area contributed by atoms with Crippen molar-refractivity contribution in [1.82, 2.24) is 9.13 Å². The van der Waals surface area contributed by atoms with Gasteiger partial charge in [0.2, 0.25) is 0 Å². The minimum atomic E-state index is -0.0934. The number of hydrogen-bond donors (Lipinski definition) is 0. The first-order valence-corrected chi connectivity index (χ1v) is 5.27. The minimum absolute atomic E-state index is 0.0578. The first kappa shape index (κ1) is 11.1. The third kappa shape index (κ3) is 2.81. The fourth-order valence-corrected chi connectivity index (χ4v) is 1.45. The molecule has 2 aromatic rings. The van der Waals surface area contributed by atoms with Crippen molar-refractivity contribution in [2.75, 3.05) is 0 Å². The van der Waals surface area contributed by atoms with Gasteiger partial charge in [-0.05, 0) is 18.2 Å². The number of nitrogens with zero attached hydrogens (tertiary/aromatic N) is 2. The molecule has 2 heterocycles. The Hall–Kier alpha value is -2.36. The Morgan fingerprint density at radius 3 is 2.35 bits per heavy atom. The predicted molar refractivity (Wildman–Crippen MR) is 66.7 cm³/mol. The molecule has 2 rings (SSSR count). The van der Waals surface area contributed by atoms with Crippen LogP contribution in [0.5, 0.6) is 0 Å². The van der Waals surface area contributed by atoms with Gasteiger partial charge in [0.1, 0.15) is 0 Å². The van der Waals surface area contributed by atoms with Crippen molar-refractivity contribution < 1.29 is 0 Å². The third-order valence-electron chi connectivity index (χ3n) is 2.32. The van der Waals surface area contributed by atoms with Crippen LogP contribution < -0.4 is 11.1 Å². The molecule has 0 unspecified atom stereocenters. The van der Waals surface area contributed by atoms with Crippen molar-refractivity contribution in [1.29, 1.82) is 0 Å². The Balaban J connectivity index is 2.14. The first-order chi connectivity index (χ1) is 8.27. The van der Waals surface area contributed by atoms with Crippen molar-refractivity contribution >= 4 is 6.20 Å². The summed E-state index contributed by atoms with van der Waals surface area (Å²) in [6.45, 7) is 0.445. The van der Waals surface area contributed by atoms with Gasteiger partial charge in [0, 0.05) is 37.3 Å². The van der Waals surface area contributed by atoms with Crippen LogP contribution >= 0.6 is 0 Å². The summed E-state index contributed by atoms with van der Waals surface area (Å²) >= 11 is 0. The Morgan fingerprint density at radius 2 is 1.65 bits per heavy atom. The zero-order valence-electron chi connectivity index (χ0n) is 9.19. The molecule has 0 amide bonds. The van der Waals surface area contributed by atoms with Gasteiger partial charge in [-0.3, -0.25) is 14.2 Å². The largest absolute Gasteiger partial charge is 0.312 e. The van der Waals surface area contributed by atoms with E-state index in [0.29, 0.717) is 6.54 Å². The van der Waals surface area contributed by atoms with E-state index in [1.807, 2.05) is 0 Å². The number of allylic oxidation sites excluding steroid dienone is 1. The van der Waals surface area contributed by atoms with Gasteiger partial charge in [-0.25, -0.2) is 0 Å². The van der Waals surface area contributed by atoms with Crippen LogP contribution in [0.1, 0.15) is 0 Å². The highest BCUT2D eigenvalue weighted by Crippen LogP contribution is 1.87. The van der Waals surface area contributed by atoms with E-state index in [-0.39, 0.29) is 11.1 Å². The highest BCUT2D eigenvalue weighted by molar-refractivity contribution is 5.22. The molecule has 0 saturated heterocycles. The van der Waals surface area contributed by atoms with Crippen LogP contribution in [0.3, 0.4) is 0 Å². The van der Waals surface area contributed by atoms with E-state index in [1.165, 1.54) is 16.7 Å². The zero-order chi connectivity index (χ0) is 12.1. The van der Waals surface area contributed by atoms with Crippen LogP contribution in [0.4, 0.5) is 0 Å². The average molecular weight is 228 g/mol. The first-order valence-electron chi connectivity index (χ1n) is 5.27. The van der Waals surface area contributed by atoms with Gasteiger partial charge in [-0.2, -0.15) is 0 Å². The molecule has 0 aliphatic carbocycles. The van der Waals surface area contributed by atoms with Crippen LogP contribution in [0.25, 0.3) is 6.20 Å². The Kier molecular flexibility index (Phi) is 3.35. The van der Waals surface area contributed by atoms with Crippen LogP contribution in [-0.4, -0.2) is 9.13 Å². The van der Waals surface area contributed by atoms with Gasteiger partial charge in [0.15, 0.2) is 0 Å². The lowest BCUT2D eigenvalue weighted by atomic mass is 10.4. The number of aromatic nitrogens is 2. The van der Waals surface area contributed by atoms with Crippen LogP contribution in [-0.2, 0) is 6.54 Å². The Bertz CT molecular complexity index is 638. The second-order valence-corrected chi connectivity index (χ2v) is 3.52. The van der Waals surface area contributed by atoms with E-state index in [9.17, 15) is 9.59 Å². The summed E-state index contributed by atoms with van der Waals surface area (Å²) in [5.41, 5.74) is -0.151. The molecule has 0 saturated carbocycles. The standard InChI is InChI=1S/C13H12N2O2/c16-12-6-1-3-8-14(12)10-5-11-15-9-4-2-7-13(15)17/h1-10H,11H2/b10-5+. The van der Waals surface area contributed by atoms with Gasteiger partial charge >= 0.3 is 0 Å². The molecule has 0 N–H and O–H groups in total. The fraction of sp³-hybridized carbons (Fsp3) is 0.0769. The fourth-order valence-electron chi connectivity index (χ4n) is 1.45. The van der Waals surface area contributed by atoms with Gasteiger partial charge in [-0.1, -0.05) is 12.1 Å². The molecule has 4 heteroatoms. The lowest BCUT2D eigenvalue weighted by molar-refractivity contribution is 0.778. The highest BCUT2D eigenvalue weighted by atomic mass is 16.1. The monoisotopic (exact) mass is 228 g/mol. The van der Waals surface area contributed by atoms with E-state index in [0.717, 1.165) is 0 Å². The summed E-state index contributed by atoms with van der Waals surface area (Å²) in [7, 11) is 0. The van der Waals surface area contributed by atoms with Gasteiger partial charge in [0.05, 0.1) is 0 Å². The SMILES string of the molecule is O=c1ccccn1/C=C/Cn1ccccc1=O. The van der Waals surface area contributed by atoms with Gasteiger partial charge in [0.25, 0.3) is 11.1 Å². The summed E-state index contributed by atoms with van der Waals surface area (Å²) < 4.78 is 3.03. The minimum Gasteiger partial charge on any atom is -0.312 e. The van der Waals surface area contributed by atoms with E-state index >= 15 is 0 Å². The lowest BCUT2D eigenvalue weighted by Gasteiger charge is -2.00. The smallest absolute Gasteiger partial charge is 0.254 e. The summed E-state index contributed by atoms with van der Waals surface area (Å²) in [4.78, 5) is 22.8. The molecule has 86 valence electrons. The normalized spacial score (nSPS) is 10.8. The summed E-state index contributed by atoms with van der Waals surface area (Å²) in [6.07, 6.45) is 6.80. The molecule has 0 spiro atoms. The molecule has 0 radical (unpaired) electrons.